The lowest BCUT2D eigenvalue weighted by Crippen LogP contribution is -2.42. The number of amides is 4. The molecule has 1 aliphatic carbocycles. The maximum Gasteiger partial charge on any atom is 0.325 e. The molecule has 4 amide bonds. The van der Waals surface area contributed by atoms with E-state index in [1.165, 1.54) is 11.1 Å². The van der Waals surface area contributed by atoms with Crippen LogP contribution in [0.2, 0.25) is 0 Å². The van der Waals surface area contributed by atoms with E-state index in [4.69, 9.17) is 5.10 Å². The van der Waals surface area contributed by atoms with Crippen LogP contribution >= 0.6 is 0 Å². The number of aryl methyl sites for hydroxylation is 2. The molecule has 1 unspecified atom stereocenters. The molecule has 8 heteroatoms. The highest BCUT2D eigenvalue weighted by atomic mass is 16.2. The lowest BCUT2D eigenvalue weighted by Gasteiger charge is -2.23. The summed E-state index contributed by atoms with van der Waals surface area (Å²) in [6.45, 7) is 7.44. The summed E-state index contributed by atoms with van der Waals surface area (Å²) in [7, 11) is 0. The van der Waals surface area contributed by atoms with Crippen molar-refractivity contribution in [2.24, 2.45) is 0 Å². The molecule has 2 aromatic carbocycles. The quantitative estimate of drug-likeness (QED) is 0.533. The molecule has 8 nitrogen and oxygen atoms in total. The van der Waals surface area contributed by atoms with E-state index in [0.717, 1.165) is 41.1 Å². The highest BCUT2D eigenvalue weighted by molar-refractivity contribution is 6.10. The smallest absolute Gasteiger partial charge is 0.319 e. The van der Waals surface area contributed by atoms with Crippen LogP contribution in [0.3, 0.4) is 0 Å². The number of anilines is 1. The number of hydrogen-bond acceptors (Lipinski definition) is 4. The summed E-state index contributed by atoms with van der Waals surface area (Å²) < 4.78 is 1.67. The molecule has 3 aromatic rings. The first-order chi connectivity index (χ1) is 17.1. The average molecular weight is 486 g/mol. The monoisotopic (exact) mass is 485 g/mol. The third-order valence-electron chi connectivity index (χ3n) is 7.00. The van der Waals surface area contributed by atoms with Crippen molar-refractivity contribution in [1.29, 1.82) is 0 Å². The van der Waals surface area contributed by atoms with Gasteiger partial charge in [0.1, 0.15) is 17.9 Å². The van der Waals surface area contributed by atoms with Gasteiger partial charge in [0.2, 0.25) is 5.91 Å². The van der Waals surface area contributed by atoms with Crippen LogP contribution < -0.4 is 10.6 Å². The molecule has 5 rings (SSSR count). The topological polar surface area (TPSA) is 96.3 Å². The van der Waals surface area contributed by atoms with Crippen molar-refractivity contribution in [3.05, 3.63) is 77.0 Å². The zero-order valence-electron chi connectivity index (χ0n) is 21.1. The third kappa shape index (κ3) is 4.17. The fraction of sp³-hybridized carbons (Fsp3) is 0.357. The van der Waals surface area contributed by atoms with Crippen molar-refractivity contribution in [1.82, 2.24) is 20.0 Å². The van der Waals surface area contributed by atoms with Crippen LogP contribution in [-0.4, -0.2) is 39.1 Å². The zero-order chi connectivity index (χ0) is 25.7. The van der Waals surface area contributed by atoms with Gasteiger partial charge in [0.25, 0.3) is 5.91 Å². The number of nitrogens with zero attached hydrogens (tertiary/aromatic N) is 3. The largest absolute Gasteiger partial charge is 0.325 e. The van der Waals surface area contributed by atoms with Crippen LogP contribution in [-0.2, 0) is 33.4 Å². The third-order valence-corrected chi connectivity index (χ3v) is 7.00. The van der Waals surface area contributed by atoms with Crippen molar-refractivity contribution in [2.45, 2.75) is 57.9 Å². The van der Waals surface area contributed by atoms with Crippen LogP contribution in [0.25, 0.3) is 5.69 Å². The minimum absolute atomic E-state index is 0.234. The number of nitrogens with one attached hydrogen (secondary N) is 2. The Morgan fingerprint density at radius 2 is 1.78 bits per heavy atom. The molecule has 0 saturated carbocycles. The molecule has 1 aromatic heterocycles. The van der Waals surface area contributed by atoms with Gasteiger partial charge >= 0.3 is 6.03 Å². The standard InChI is InChI=1S/C28H31N5O3/c1-27(2,3)22-16-23(33(31-22)21-11-6-5-7-12-21)29-24(34)17-32-25(35)28(4,30-26(32)36)20-14-13-18-9-8-10-19(18)15-20/h5-7,11-16H,8-10,17H2,1-4H3,(H,29,34)(H,30,36). The van der Waals surface area contributed by atoms with Crippen molar-refractivity contribution < 1.29 is 14.4 Å². The molecule has 0 bridgehead atoms. The molecule has 1 saturated heterocycles. The van der Waals surface area contributed by atoms with Crippen molar-refractivity contribution in [3.8, 4) is 5.69 Å². The Bertz CT molecular complexity index is 1360. The Morgan fingerprint density at radius 3 is 2.50 bits per heavy atom. The second-order valence-electron chi connectivity index (χ2n) is 10.7. The summed E-state index contributed by atoms with van der Waals surface area (Å²) in [6, 6.07) is 16.7. The molecule has 2 aliphatic rings. The first-order valence-corrected chi connectivity index (χ1v) is 12.3. The van der Waals surface area contributed by atoms with Gasteiger partial charge in [-0.25, -0.2) is 9.48 Å². The second kappa shape index (κ2) is 8.62. The summed E-state index contributed by atoms with van der Waals surface area (Å²) in [5.41, 5.74) is 3.41. The van der Waals surface area contributed by atoms with Crippen molar-refractivity contribution >= 4 is 23.7 Å². The average Bonchev–Trinajstić information content (AvgIpc) is 3.53. The molecule has 2 heterocycles. The van der Waals surface area contributed by atoms with Crippen molar-refractivity contribution in [2.75, 3.05) is 11.9 Å². The number of benzene rings is 2. The van der Waals surface area contributed by atoms with E-state index in [2.05, 4.69) is 10.6 Å². The Morgan fingerprint density at radius 1 is 1.06 bits per heavy atom. The van der Waals surface area contributed by atoms with Crippen LogP contribution in [0.4, 0.5) is 10.6 Å². The first kappa shape index (κ1) is 23.8. The fourth-order valence-corrected chi connectivity index (χ4v) is 4.85. The molecule has 0 radical (unpaired) electrons. The van der Waals surface area contributed by atoms with Gasteiger partial charge in [-0.05, 0) is 55.0 Å². The lowest BCUT2D eigenvalue weighted by molar-refractivity contribution is -0.133. The maximum atomic E-state index is 13.4. The van der Waals surface area contributed by atoms with E-state index in [1.807, 2.05) is 75.4 Å². The molecule has 1 fully saturated rings. The number of para-hydroxylation sites is 1. The highest BCUT2D eigenvalue weighted by Crippen LogP contribution is 2.33. The minimum Gasteiger partial charge on any atom is -0.319 e. The van der Waals surface area contributed by atoms with Gasteiger partial charge in [-0.3, -0.25) is 14.5 Å². The SMILES string of the molecule is CC(C)(C)c1cc(NC(=O)CN2C(=O)NC(C)(c3ccc4c(c3)CCC4)C2=O)n(-c2ccccc2)n1. The van der Waals surface area contributed by atoms with E-state index < -0.39 is 29.9 Å². The molecule has 0 spiro atoms. The highest BCUT2D eigenvalue weighted by Gasteiger charge is 2.49. The van der Waals surface area contributed by atoms with Crippen LogP contribution in [0, 0.1) is 0 Å². The van der Waals surface area contributed by atoms with E-state index >= 15 is 0 Å². The number of carbonyl (C=O) groups excluding carboxylic acids is 3. The lowest BCUT2D eigenvalue weighted by atomic mass is 9.89. The Kier molecular flexibility index (Phi) is 5.70. The molecule has 36 heavy (non-hydrogen) atoms. The fourth-order valence-electron chi connectivity index (χ4n) is 4.85. The molecular weight excluding hydrogens is 454 g/mol. The number of hydrogen-bond donors (Lipinski definition) is 2. The van der Waals surface area contributed by atoms with Crippen LogP contribution in [0.1, 0.15) is 56.5 Å². The summed E-state index contributed by atoms with van der Waals surface area (Å²) in [5, 5.41) is 10.4. The van der Waals surface area contributed by atoms with Gasteiger partial charge in [-0.2, -0.15) is 5.10 Å². The van der Waals surface area contributed by atoms with Crippen molar-refractivity contribution in [3.63, 3.8) is 0 Å². The van der Waals surface area contributed by atoms with Gasteiger partial charge in [0.05, 0.1) is 11.4 Å². The normalized spacial score (nSPS) is 19.4. The molecule has 1 atom stereocenters. The Hall–Kier alpha value is -3.94. The predicted octanol–water partition coefficient (Wildman–Crippen LogP) is 4.06. The number of urea groups is 1. The van der Waals surface area contributed by atoms with E-state index in [-0.39, 0.29) is 5.41 Å². The zero-order valence-corrected chi connectivity index (χ0v) is 21.1. The number of rotatable bonds is 5. The Labute approximate surface area is 210 Å². The van der Waals surface area contributed by atoms with Gasteiger partial charge in [0, 0.05) is 11.5 Å². The predicted molar refractivity (Wildman–Crippen MR) is 137 cm³/mol. The second-order valence-corrected chi connectivity index (χ2v) is 10.7. The Balaban J connectivity index is 1.37. The summed E-state index contributed by atoms with van der Waals surface area (Å²) in [5.74, 6) is -0.439. The summed E-state index contributed by atoms with van der Waals surface area (Å²) >= 11 is 0. The maximum absolute atomic E-state index is 13.4. The van der Waals surface area contributed by atoms with Gasteiger partial charge in [-0.1, -0.05) is 57.2 Å². The van der Waals surface area contributed by atoms with E-state index in [1.54, 1.807) is 11.6 Å². The number of aromatic nitrogens is 2. The van der Waals surface area contributed by atoms with E-state index in [9.17, 15) is 14.4 Å². The number of carbonyl (C=O) groups is 3. The molecular formula is C28H31N5O3. The molecule has 1 aliphatic heterocycles. The summed E-state index contributed by atoms with van der Waals surface area (Å²) in [6.07, 6.45) is 3.10. The van der Waals surface area contributed by atoms with Gasteiger partial charge in [0.15, 0.2) is 0 Å². The molecule has 2 N–H and O–H groups in total. The summed E-state index contributed by atoms with van der Waals surface area (Å²) in [4.78, 5) is 40.3. The van der Waals surface area contributed by atoms with Crippen LogP contribution in [0.15, 0.2) is 54.6 Å². The molecule has 186 valence electrons. The van der Waals surface area contributed by atoms with Gasteiger partial charge in [-0.15, -0.1) is 0 Å². The first-order valence-electron chi connectivity index (χ1n) is 12.3. The van der Waals surface area contributed by atoms with Crippen LogP contribution in [0.5, 0.6) is 0 Å². The van der Waals surface area contributed by atoms with E-state index in [0.29, 0.717) is 5.82 Å². The minimum atomic E-state index is -1.21. The number of fused-ring (bicyclic) bond motifs is 1. The number of imide groups is 1. The van der Waals surface area contributed by atoms with Gasteiger partial charge < -0.3 is 10.6 Å².